The molecule has 172 valence electrons. The van der Waals surface area contributed by atoms with Crippen molar-refractivity contribution in [1.29, 1.82) is 0 Å². The van der Waals surface area contributed by atoms with Gasteiger partial charge >= 0.3 is 0 Å². The van der Waals surface area contributed by atoms with Crippen LogP contribution < -0.4 is 0 Å². The molecule has 0 amide bonds. The SMILES string of the molecule is CCN(CC)S(=O)(=O)c1cccc(-c2nn(CN3CCN(S(C)(=O)=O)CC3)c(=S)o2)c1. The minimum atomic E-state index is -3.61. The number of hydrogen-bond acceptors (Lipinski definition) is 8. The molecule has 10 nitrogen and oxygen atoms in total. The predicted molar refractivity (Wildman–Crippen MR) is 119 cm³/mol. The van der Waals surface area contributed by atoms with E-state index in [2.05, 4.69) is 5.10 Å². The van der Waals surface area contributed by atoms with Crippen molar-refractivity contribution in [3.8, 4) is 11.5 Å². The van der Waals surface area contributed by atoms with Gasteiger partial charge in [-0.25, -0.2) is 21.5 Å². The van der Waals surface area contributed by atoms with Crippen LogP contribution in [0.3, 0.4) is 0 Å². The minimum absolute atomic E-state index is 0.164. The summed E-state index contributed by atoms with van der Waals surface area (Å²) < 4.78 is 58.9. The molecule has 0 spiro atoms. The summed E-state index contributed by atoms with van der Waals surface area (Å²) in [5.74, 6) is 0.233. The van der Waals surface area contributed by atoms with Gasteiger partial charge in [0, 0.05) is 44.8 Å². The van der Waals surface area contributed by atoms with Gasteiger partial charge in [-0.05, 0) is 30.4 Å². The lowest BCUT2D eigenvalue weighted by Crippen LogP contribution is -2.48. The molecule has 1 aromatic carbocycles. The normalized spacial score (nSPS) is 16.8. The molecule has 0 atom stereocenters. The Kier molecular flexibility index (Phi) is 7.33. The van der Waals surface area contributed by atoms with Gasteiger partial charge in [-0.2, -0.15) is 8.61 Å². The third-order valence-electron chi connectivity index (χ3n) is 5.16. The van der Waals surface area contributed by atoms with Crippen LogP contribution in [0.1, 0.15) is 13.8 Å². The zero-order chi connectivity index (χ0) is 22.8. The van der Waals surface area contributed by atoms with Gasteiger partial charge in [-0.1, -0.05) is 19.9 Å². The highest BCUT2D eigenvalue weighted by atomic mass is 32.2. The van der Waals surface area contributed by atoms with E-state index in [0.717, 1.165) is 0 Å². The van der Waals surface area contributed by atoms with Crippen LogP contribution in [0.15, 0.2) is 33.6 Å². The molecule has 3 rings (SSSR count). The van der Waals surface area contributed by atoms with Crippen molar-refractivity contribution >= 4 is 32.3 Å². The minimum Gasteiger partial charge on any atom is -0.409 e. The summed E-state index contributed by atoms with van der Waals surface area (Å²) in [6, 6.07) is 6.44. The van der Waals surface area contributed by atoms with Crippen LogP contribution in [0, 0.1) is 4.84 Å². The van der Waals surface area contributed by atoms with Gasteiger partial charge in [0.15, 0.2) is 0 Å². The van der Waals surface area contributed by atoms with Crippen LogP contribution >= 0.6 is 12.2 Å². The van der Waals surface area contributed by atoms with Crippen molar-refractivity contribution < 1.29 is 21.3 Å². The summed E-state index contributed by atoms with van der Waals surface area (Å²) in [5.41, 5.74) is 0.514. The van der Waals surface area contributed by atoms with Crippen LogP contribution in [-0.4, -0.2) is 85.7 Å². The van der Waals surface area contributed by atoms with Crippen molar-refractivity contribution in [1.82, 2.24) is 23.3 Å². The first-order chi connectivity index (χ1) is 14.6. The third kappa shape index (κ3) is 5.41. The Balaban J connectivity index is 1.78. The molecule has 1 aliphatic rings. The van der Waals surface area contributed by atoms with E-state index in [1.807, 2.05) is 4.90 Å². The maximum Gasteiger partial charge on any atom is 0.288 e. The van der Waals surface area contributed by atoms with Crippen LogP contribution in [0.25, 0.3) is 11.5 Å². The van der Waals surface area contributed by atoms with Crippen LogP contribution in [-0.2, 0) is 26.7 Å². The highest BCUT2D eigenvalue weighted by Gasteiger charge is 2.25. The van der Waals surface area contributed by atoms with Gasteiger partial charge in [0.2, 0.25) is 25.9 Å². The van der Waals surface area contributed by atoms with E-state index < -0.39 is 20.0 Å². The Morgan fingerprint density at radius 1 is 1.10 bits per heavy atom. The highest BCUT2D eigenvalue weighted by molar-refractivity contribution is 7.89. The second-order valence-corrected chi connectivity index (χ2v) is 11.5. The molecule has 1 saturated heterocycles. The third-order valence-corrected chi connectivity index (χ3v) is 8.81. The number of aromatic nitrogens is 2. The fraction of sp³-hybridized carbons (Fsp3) is 0.556. The summed E-state index contributed by atoms with van der Waals surface area (Å²) in [5, 5.41) is 4.41. The highest BCUT2D eigenvalue weighted by Crippen LogP contribution is 2.24. The predicted octanol–water partition coefficient (Wildman–Crippen LogP) is 1.44. The van der Waals surface area contributed by atoms with Gasteiger partial charge in [0.05, 0.1) is 17.8 Å². The second kappa shape index (κ2) is 9.46. The van der Waals surface area contributed by atoms with Crippen molar-refractivity contribution in [2.75, 3.05) is 45.5 Å². The molecule has 0 bridgehead atoms. The number of hydrogen-bond donors (Lipinski definition) is 0. The van der Waals surface area contributed by atoms with E-state index in [1.54, 1.807) is 32.0 Å². The van der Waals surface area contributed by atoms with E-state index in [1.165, 1.54) is 25.6 Å². The Morgan fingerprint density at radius 2 is 1.74 bits per heavy atom. The molecule has 1 aliphatic heterocycles. The maximum atomic E-state index is 12.8. The van der Waals surface area contributed by atoms with Gasteiger partial charge in [0.25, 0.3) is 4.84 Å². The Bertz CT molecular complexity index is 1180. The molecular formula is C18H27N5O5S3. The summed E-state index contributed by atoms with van der Waals surface area (Å²) in [6.07, 6.45) is 1.21. The lowest BCUT2D eigenvalue weighted by Gasteiger charge is -2.32. The van der Waals surface area contributed by atoms with Crippen LogP contribution in [0.5, 0.6) is 0 Å². The monoisotopic (exact) mass is 489 g/mol. The molecule has 31 heavy (non-hydrogen) atoms. The fourth-order valence-corrected chi connectivity index (χ4v) is 5.91. The standard InChI is InChI=1S/C18H27N5O5S3/c1-4-21(5-2)31(26,27)16-8-6-7-15(13-16)17-19-23(18(29)28-17)14-20-9-11-22(12-10-20)30(3,24)25/h6-8,13H,4-5,9-12,14H2,1-3H3. The molecule has 0 saturated carbocycles. The molecule has 2 aromatic rings. The topological polar surface area (TPSA) is 109 Å². The molecule has 13 heteroatoms. The van der Waals surface area contributed by atoms with E-state index in [9.17, 15) is 16.8 Å². The summed E-state index contributed by atoms with van der Waals surface area (Å²) in [4.78, 5) is 2.37. The first-order valence-electron chi connectivity index (χ1n) is 9.92. The average molecular weight is 490 g/mol. The largest absolute Gasteiger partial charge is 0.409 e. The van der Waals surface area contributed by atoms with E-state index in [4.69, 9.17) is 16.6 Å². The number of sulfonamides is 2. The number of benzene rings is 1. The zero-order valence-corrected chi connectivity index (χ0v) is 20.2. The lowest BCUT2D eigenvalue weighted by molar-refractivity contribution is 0.144. The van der Waals surface area contributed by atoms with E-state index in [0.29, 0.717) is 51.5 Å². The first-order valence-corrected chi connectivity index (χ1v) is 13.6. The van der Waals surface area contributed by atoms with Gasteiger partial charge < -0.3 is 4.42 Å². The summed E-state index contributed by atoms with van der Waals surface area (Å²) >= 11 is 5.28. The molecule has 0 unspecified atom stereocenters. The molecule has 1 aromatic heterocycles. The van der Waals surface area contributed by atoms with Crippen molar-refractivity contribution in [2.45, 2.75) is 25.4 Å². The number of piperazine rings is 1. The Hall–Kier alpha value is -1.64. The second-order valence-electron chi connectivity index (χ2n) is 7.21. The molecule has 0 radical (unpaired) electrons. The van der Waals surface area contributed by atoms with Crippen molar-refractivity contribution in [3.63, 3.8) is 0 Å². The quantitative estimate of drug-likeness (QED) is 0.513. The Morgan fingerprint density at radius 3 is 2.32 bits per heavy atom. The lowest BCUT2D eigenvalue weighted by atomic mass is 10.2. The number of nitrogens with zero attached hydrogens (tertiary/aromatic N) is 5. The van der Waals surface area contributed by atoms with Crippen LogP contribution in [0.4, 0.5) is 0 Å². The smallest absolute Gasteiger partial charge is 0.288 e. The van der Waals surface area contributed by atoms with E-state index >= 15 is 0 Å². The summed E-state index contributed by atoms with van der Waals surface area (Å²) in [6.45, 7) is 6.61. The molecule has 0 N–H and O–H groups in total. The van der Waals surface area contributed by atoms with Gasteiger partial charge in [-0.15, -0.1) is 5.10 Å². The molecule has 1 fully saturated rings. The maximum absolute atomic E-state index is 12.8. The fourth-order valence-electron chi connectivity index (χ4n) is 3.41. The van der Waals surface area contributed by atoms with Gasteiger partial charge in [-0.3, -0.25) is 4.90 Å². The van der Waals surface area contributed by atoms with E-state index in [-0.39, 0.29) is 15.6 Å². The summed E-state index contributed by atoms with van der Waals surface area (Å²) in [7, 11) is -6.80. The van der Waals surface area contributed by atoms with Crippen molar-refractivity contribution in [2.24, 2.45) is 0 Å². The Labute approximate surface area is 188 Å². The number of rotatable bonds is 8. The average Bonchev–Trinajstić information content (AvgIpc) is 3.09. The van der Waals surface area contributed by atoms with Gasteiger partial charge in [0.1, 0.15) is 0 Å². The molecule has 2 heterocycles. The molecular weight excluding hydrogens is 462 g/mol. The van der Waals surface area contributed by atoms with Crippen molar-refractivity contribution in [3.05, 3.63) is 29.1 Å². The first kappa shape index (κ1) is 24.0. The molecule has 0 aliphatic carbocycles. The van der Waals surface area contributed by atoms with Crippen LogP contribution in [0.2, 0.25) is 0 Å². The zero-order valence-electron chi connectivity index (χ0n) is 17.8.